The minimum absolute atomic E-state index is 0.148. The van der Waals surface area contributed by atoms with E-state index in [0.29, 0.717) is 6.54 Å². The zero-order chi connectivity index (χ0) is 17.4. The molecule has 6 nitrogen and oxygen atoms in total. The van der Waals surface area contributed by atoms with Crippen LogP contribution in [0.15, 0.2) is 18.2 Å². The maximum atomic E-state index is 14.0. The number of fused-ring (bicyclic) bond motifs is 1. The lowest BCUT2D eigenvalue weighted by atomic mass is 10.1. The van der Waals surface area contributed by atoms with Crippen LogP contribution < -0.4 is 4.74 Å². The summed E-state index contributed by atoms with van der Waals surface area (Å²) < 4.78 is 26.9. The summed E-state index contributed by atoms with van der Waals surface area (Å²) in [6, 6.07) is 5.28. The number of aryl methyl sites for hydroxylation is 1. The van der Waals surface area contributed by atoms with Crippen molar-refractivity contribution in [3.05, 3.63) is 41.2 Å². The number of benzene rings is 1. The van der Waals surface area contributed by atoms with Crippen molar-refractivity contribution < 1.29 is 13.9 Å². The van der Waals surface area contributed by atoms with Crippen LogP contribution in [0.5, 0.6) is 5.75 Å². The molecule has 3 heterocycles. The standard InChI is InChI=1S/C18H23FN4O2/c1-24-13-9-15(18-21-20-17-4-3-7-23(17)18)22(11-13)10-12-5-6-16(25-2)14(19)8-12/h5-6,8,13,15H,3-4,7,9-11H2,1-2H3/t13-,15+/m1/s1. The van der Waals surface area contributed by atoms with Gasteiger partial charge in [-0.1, -0.05) is 6.07 Å². The van der Waals surface area contributed by atoms with Crippen LogP contribution in [0.4, 0.5) is 4.39 Å². The van der Waals surface area contributed by atoms with Gasteiger partial charge < -0.3 is 14.0 Å². The molecule has 134 valence electrons. The quantitative estimate of drug-likeness (QED) is 0.832. The van der Waals surface area contributed by atoms with Crippen molar-refractivity contribution in [2.75, 3.05) is 20.8 Å². The monoisotopic (exact) mass is 346 g/mol. The van der Waals surface area contributed by atoms with E-state index in [1.807, 2.05) is 6.07 Å². The molecule has 2 aromatic rings. The van der Waals surface area contributed by atoms with Gasteiger partial charge >= 0.3 is 0 Å². The van der Waals surface area contributed by atoms with Gasteiger partial charge in [-0.2, -0.15) is 0 Å². The smallest absolute Gasteiger partial charge is 0.165 e. The fourth-order valence-electron chi connectivity index (χ4n) is 3.94. The maximum absolute atomic E-state index is 14.0. The fraction of sp³-hybridized carbons (Fsp3) is 0.556. The third-order valence-electron chi connectivity index (χ3n) is 5.24. The van der Waals surface area contributed by atoms with Gasteiger partial charge in [-0.15, -0.1) is 10.2 Å². The van der Waals surface area contributed by atoms with Crippen molar-refractivity contribution in [1.29, 1.82) is 0 Å². The van der Waals surface area contributed by atoms with E-state index >= 15 is 0 Å². The van der Waals surface area contributed by atoms with Gasteiger partial charge in [0.2, 0.25) is 0 Å². The van der Waals surface area contributed by atoms with Crippen molar-refractivity contribution >= 4 is 0 Å². The zero-order valence-corrected chi connectivity index (χ0v) is 14.6. The molecule has 1 fully saturated rings. The molecule has 2 aliphatic rings. The average Bonchev–Trinajstić information content (AvgIpc) is 3.30. The molecule has 4 rings (SSSR count). The lowest BCUT2D eigenvalue weighted by Crippen LogP contribution is -2.26. The van der Waals surface area contributed by atoms with E-state index < -0.39 is 0 Å². The third kappa shape index (κ3) is 3.02. The van der Waals surface area contributed by atoms with Crippen molar-refractivity contribution in [3.8, 4) is 5.75 Å². The van der Waals surface area contributed by atoms with Gasteiger partial charge in [0, 0.05) is 33.2 Å². The fourth-order valence-corrected chi connectivity index (χ4v) is 3.94. The Kier molecular flexibility index (Phi) is 4.43. The van der Waals surface area contributed by atoms with Gasteiger partial charge in [0.1, 0.15) is 5.82 Å². The highest BCUT2D eigenvalue weighted by Gasteiger charge is 2.37. The molecule has 1 saturated heterocycles. The van der Waals surface area contributed by atoms with Gasteiger partial charge in [0.05, 0.1) is 19.3 Å². The molecule has 0 amide bonds. The Morgan fingerprint density at radius 1 is 1.28 bits per heavy atom. The molecular weight excluding hydrogens is 323 g/mol. The number of methoxy groups -OCH3 is 2. The Bertz CT molecular complexity index is 764. The number of ether oxygens (including phenoxy) is 2. The maximum Gasteiger partial charge on any atom is 0.165 e. The number of rotatable bonds is 5. The Labute approximate surface area is 146 Å². The van der Waals surface area contributed by atoms with Crippen LogP contribution in [0.25, 0.3) is 0 Å². The number of nitrogens with zero attached hydrogens (tertiary/aromatic N) is 4. The number of halogens is 1. The largest absolute Gasteiger partial charge is 0.494 e. The SMILES string of the molecule is COc1ccc(CN2C[C@H](OC)C[C@H]2c2nnc3n2CCC3)cc1F. The van der Waals surface area contributed by atoms with E-state index in [9.17, 15) is 4.39 Å². The molecule has 1 aromatic carbocycles. The van der Waals surface area contributed by atoms with E-state index in [-0.39, 0.29) is 23.7 Å². The van der Waals surface area contributed by atoms with Crippen LogP contribution in [0, 0.1) is 5.82 Å². The van der Waals surface area contributed by atoms with Crippen molar-refractivity contribution in [1.82, 2.24) is 19.7 Å². The van der Waals surface area contributed by atoms with E-state index in [1.165, 1.54) is 7.11 Å². The van der Waals surface area contributed by atoms with Gasteiger partial charge in [0.25, 0.3) is 0 Å². The first-order valence-corrected chi connectivity index (χ1v) is 8.71. The summed E-state index contributed by atoms with van der Waals surface area (Å²) in [5.41, 5.74) is 0.918. The summed E-state index contributed by atoms with van der Waals surface area (Å²) in [7, 11) is 3.22. The number of likely N-dealkylation sites (tertiary alicyclic amines) is 1. The van der Waals surface area contributed by atoms with Crippen LogP contribution in [0.3, 0.4) is 0 Å². The molecule has 2 atom stereocenters. The van der Waals surface area contributed by atoms with Crippen molar-refractivity contribution in [3.63, 3.8) is 0 Å². The van der Waals surface area contributed by atoms with E-state index in [2.05, 4.69) is 19.7 Å². The summed E-state index contributed by atoms with van der Waals surface area (Å²) in [6.45, 7) is 2.43. The summed E-state index contributed by atoms with van der Waals surface area (Å²) >= 11 is 0. The first kappa shape index (κ1) is 16.5. The lowest BCUT2D eigenvalue weighted by molar-refractivity contribution is 0.107. The Hall–Kier alpha value is -1.99. The number of aromatic nitrogens is 3. The molecule has 25 heavy (non-hydrogen) atoms. The van der Waals surface area contributed by atoms with E-state index in [1.54, 1.807) is 19.2 Å². The molecule has 0 aliphatic carbocycles. The number of hydrogen-bond donors (Lipinski definition) is 0. The molecule has 0 spiro atoms. The molecule has 1 aromatic heterocycles. The predicted molar refractivity (Wildman–Crippen MR) is 89.9 cm³/mol. The average molecular weight is 346 g/mol. The highest BCUT2D eigenvalue weighted by Crippen LogP contribution is 2.35. The second-order valence-corrected chi connectivity index (χ2v) is 6.74. The van der Waals surface area contributed by atoms with Crippen LogP contribution >= 0.6 is 0 Å². The molecule has 2 aliphatic heterocycles. The van der Waals surface area contributed by atoms with Crippen LogP contribution in [0.1, 0.15) is 36.1 Å². The molecule has 7 heteroatoms. The van der Waals surface area contributed by atoms with Crippen LogP contribution in [-0.4, -0.2) is 46.5 Å². The summed E-state index contributed by atoms with van der Waals surface area (Å²) in [5, 5.41) is 8.79. The predicted octanol–water partition coefficient (Wildman–Crippen LogP) is 2.33. The lowest BCUT2D eigenvalue weighted by Gasteiger charge is -2.23. The summed E-state index contributed by atoms with van der Waals surface area (Å²) in [4.78, 5) is 2.31. The Balaban J connectivity index is 1.58. The molecule has 0 saturated carbocycles. The highest BCUT2D eigenvalue weighted by molar-refractivity contribution is 5.29. The molecule has 0 unspecified atom stereocenters. The second kappa shape index (κ2) is 6.72. The minimum Gasteiger partial charge on any atom is -0.494 e. The van der Waals surface area contributed by atoms with Crippen molar-refractivity contribution in [2.45, 2.75) is 44.5 Å². The van der Waals surface area contributed by atoms with Gasteiger partial charge in [0.15, 0.2) is 17.4 Å². The summed E-state index contributed by atoms with van der Waals surface area (Å²) in [6.07, 6.45) is 3.16. The van der Waals surface area contributed by atoms with E-state index in [0.717, 1.165) is 49.6 Å². The first-order chi connectivity index (χ1) is 12.2. The third-order valence-corrected chi connectivity index (χ3v) is 5.24. The Morgan fingerprint density at radius 2 is 2.16 bits per heavy atom. The van der Waals surface area contributed by atoms with Gasteiger partial charge in [-0.25, -0.2) is 4.39 Å². The van der Waals surface area contributed by atoms with Gasteiger partial charge in [-0.3, -0.25) is 4.90 Å². The molecule has 0 bridgehead atoms. The molecule has 0 N–H and O–H groups in total. The van der Waals surface area contributed by atoms with Crippen molar-refractivity contribution in [2.24, 2.45) is 0 Å². The van der Waals surface area contributed by atoms with Gasteiger partial charge in [-0.05, 0) is 30.5 Å². The highest BCUT2D eigenvalue weighted by atomic mass is 19.1. The topological polar surface area (TPSA) is 52.4 Å². The van der Waals surface area contributed by atoms with E-state index in [4.69, 9.17) is 9.47 Å². The minimum atomic E-state index is -0.331. The second-order valence-electron chi connectivity index (χ2n) is 6.74. The molecule has 0 radical (unpaired) electrons. The van der Waals surface area contributed by atoms with Crippen LogP contribution in [0.2, 0.25) is 0 Å². The zero-order valence-electron chi connectivity index (χ0n) is 14.6. The number of hydrogen-bond acceptors (Lipinski definition) is 5. The summed E-state index contributed by atoms with van der Waals surface area (Å²) in [5.74, 6) is 2.03. The Morgan fingerprint density at radius 3 is 2.92 bits per heavy atom. The normalized spacial score (nSPS) is 23.2. The van der Waals surface area contributed by atoms with Crippen LogP contribution in [-0.2, 0) is 24.2 Å². The first-order valence-electron chi connectivity index (χ1n) is 8.71. The molecular formula is C18H23FN4O2.